The fraction of sp³-hybridized carbons (Fsp3) is 0.209. The third-order valence-corrected chi connectivity index (χ3v) is 17.5. The Morgan fingerprint density at radius 2 is 0.586 bits per heavy atom. The average Bonchev–Trinajstić information content (AvgIpc) is 0.843. The van der Waals surface area contributed by atoms with Crippen molar-refractivity contribution in [2.75, 3.05) is 21.3 Å². The van der Waals surface area contributed by atoms with Crippen molar-refractivity contribution in [3.63, 3.8) is 0 Å². The number of anilines is 4. The van der Waals surface area contributed by atoms with Gasteiger partial charge in [0.1, 0.15) is 23.3 Å². The topological polar surface area (TPSA) is 220 Å². The molecular formula is C91H88F4N12O4. The van der Waals surface area contributed by atoms with Gasteiger partial charge in [0.05, 0.1) is 83.2 Å². The number of aromatic nitrogens is 8. The number of carbonyl (C=O) groups is 4. The largest absolute Gasteiger partial charge is 0.309 e. The summed E-state index contributed by atoms with van der Waals surface area (Å²) in [7, 11) is 0. The highest BCUT2D eigenvalue weighted by molar-refractivity contribution is 5.94. The highest BCUT2D eigenvalue weighted by Gasteiger charge is 2.18. The van der Waals surface area contributed by atoms with Gasteiger partial charge in [-0.15, -0.1) is 0 Å². The van der Waals surface area contributed by atoms with Crippen molar-refractivity contribution in [2.24, 2.45) is 0 Å². The summed E-state index contributed by atoms with van der Waals surface area (Å²) in [5, 5.41) is 13.8. The van der Waals surface area contributed by atoms with Gasteiger partial charge in [0.15, 0.2) is 23.3 Å². The zero-order valence-electron chi connectivity index (χ0n) is 62.6. The Kier molecular flexibility index (Phi) is 30.6. The van der Waals surface area contributed by atoms with E-state index in [1.807, 2.05) is 136 Å². The normalized spacial score (nSPS) is 10.7. The molecule has 4 N–H and O–H groups in total. The van der Waals surface area contributed by atoms with E-state index >= 15 is 0 Å². The average molecular weight is 1490 g/mol. The number of benzene rings is 9. The molecule has 0 aliphatic carbocycles. The first-order valence-corrected chi connectivity index (χ1v) is 37.3. The Hall–Kier alpha value is -12.8. The van der Waals surface area contributed by atoms with Crippen LogP contribution in [0.25, 0.3) is 55.8 Å². The van der Waals surface area contributed by atoms with E-state index in [-0.39, 0.29) is 59.7 Å². The van der Waals surface area contributed by atoms with Gasteiger partial charge >= 0.3 is 0 Å². The van der Waals surface area contributed by atoms with Crippen LogP contribution in [-0.2, 0) is 70.5 Å². The van der Waals surface area contributed by atoms with Crippen LogP contribution in [0.15, 0.2) is 255 Å². The zero-order valence-corrected chi connectivity index (χ0v) is 62.6. The number of nitrogens with zero attached hydrogens (tertiary/aromatic N) is 8. The lowest BCUT2D eigenvalue weighted by atomic mass is 10.0. The Labute approximate surface area is 644 Å². The Morgan fingerprint density at radius 3 is 0.937 bits per heavy atom. The van der Waals surface area contributed by atoms with E-state index in [9.17, 15) is 36.7 Å². The fourth-order valence-corrected chi connectivity index (χ4v) is 11.9. The van der Waals surface area contributed by atoms with E-state index in [2.05, 4.69) is 86.3 Å². The number of halogens is 4. The number of carbonyl (C=O) groups excluding carboxylic acids is 4. The van der Waals surface area contributed by atoms with Crippen molar-refractivity contribution in [3.05, 3.63) is 324 Å². The maximum Gasteiger partial charge on any atom is 0.229 e. The van der Waals surface area contributed by atoms with Crippen LogP contribution < -0.4 is 21.3 Å². The van der Waals surface area contributed by atoms with Crippen LogP contribution in [0.3, 0.4) is 0 Å². The first-order valence-electron chi connectivity index (χ1n) is 37.3. The van der Waals surface area contributed by atoms with Crippen LogP contribution in [-0.4, -0.2) is 63.5 Å². The summed E-state index contributed by atoms with van der Waals surface area (Å²) in [6.45, 7) is 8.19. The van der Waals surface area contributed by atoms with Crippen molar-refractivity contribution < 1.29 is 36.7 Å². The third-order valence-electron chi connectivity index (χ3n) is 17.5. The van der Waals surface area contributed by atoms with Crippen molar-refractivity contribution >= 4 is 57.7 Å². The molecule has 0 fully saturated rings. The minimum Gasteiger partial charge on any atom is -0.309 e. The Morgan fingerprint density at radius 1 is 0.288 bits per heavy atom. The number of rotatable bonds is 27. The summed E-state index contributed by atoms with van der Waals surface area (Å²) in [5.74, 6) is 0.414. The van der Waals surface area contributed by atoms with Crippen molar-refractivity contribution in [2.45, 2.75) is 124 Å². The van der Waals surface area contributed by atoms with Crippen LogP contribution >= 0.6 is 0 Å². The SMILES string of the molecule is CCCc1nc(-c2ccc(F)cc2)cnc1NC(=O)CCCc1ccccc1.CCCc1nc(-c2ccc(F)cc2)cnc1NC(=O)CCc1ccccc1.CCCc1nc(-c2ccc(F)cc2)cnc1NC(=O)Cc1ccc2ccccc2c1.CCCc1nc(-c2ccc(F)cc2)cnc1NC(=O)Cc1ccccc1. The van der Waals surface area contributed by atoms with E-state index in [1.165, 1.54) is 54.1 Å². The molecule has 9 aromatic carbocycles. The van der Waals surface area contributed by atoms with E-state index in [4.69, 9.17) is 0 Å². The summed E-state index contributed by atoms with van der Waals surface area (Å²) in [6.07, 6.45) is 16.4. The molecule has 0 bridgehead atoms. The number of hydrogen-bond donors (Lipinski definition) is 4. The predicted octanol–water partition coefficient (Wildman–Crippen LogP) is 20.0. The second-order valence-corrected chi connectivity index (χ2v) is 26.3. The number of hydrogen-bond acceptors (Lipinski definition) is 12. The number of amides is 4. The molecule has 0 aliphatic rings. The minimum atomic E-state index is -0.293. The third kappa shape index (κ3) is 25.4. The monoisotopic (exact) mass is 1490 g/mol. The second-order valence-electron chi connectivity index (χ2n) is 26.3. The molecule has 4 amide bonds. The number of fused-ring (bicyclic) bond motifs is 1. The van der Waals surface area contributed by atoms with Crippen LogP contribution in [0.1, 0.15) is 118 Å². The molecule has 0 spiro atoms. The van der Waals surface area contributed by atoms with Gasteiger partial charge in [-0.1, -0.05) is 187 Å². The summed E-state index contributed by atoms with van der Waals surface area (Å²) >= 11 is 0. The molecule has 13 rings (SSSR count). The summed E-state index contributed by atoms with van der Waals surface area (Å²) < 4.78 is 52.6. The minimum absolute atomic E-state index is 0.0582. The molecule has 16 nitrogen and oxygen atoms in total. The van der Waals surface area contributed by atoms with Gasteiger partial charge in [0, 0.05) is 35.1 Å². The van der Waals surface area contributed by atoms with Crippen LogP contribution in [0, 0.1) is 23.3 Å². The highest BCUT2D eigenvalue weighted by atomic mass is 19.1. The molecule has 111 heavy (non-hydrogen) atoms. The standard InChI is InChI=1S/C25H22FN3O.C23H24FN3O.C22H22FN3O.C21H20FN3O/c1-2-5-22-25(27-16-23(28-22)19-10-12-21(26)13-11-19)29-24(30)15-17-8-9-18-6-3-4-7-20(18)14-17;1-2-7-20-23(25-16-21(26-20)18-12-14-19(24)15-13-18)27-22(28)11-6-10-17-8-4-3-5-9-17;1-2-6-19-22(26-21(27)14-9-16-7-4-3-5-8-16)24-15-20(25-19)17-10-12-18(23)13-11-17;1-2-6-18-21(25-20(26)13-15-7-4-3-5-8-15)23-14-19(24-18)16-9-11-17(22)12-10-16/h3-4,6-14,16H,2,5,15H2,1H3,(H,27,29,30);3-5,8-9,12-16H,2,6-7,10-11H2,1H3,(H,25,27,28);3-5,7-8,10-13,15H,2,6,9,14H2,1H3,(H,24,26,27);3-5,7-12,14H,2,6,13H2,1H3,(H,23,25,26). The van der Waals surface area contributed by atoms with Gasteiger partial charge in [-0.2, -0.15) is 0 Å². The number of aryl methyl sites for hydroxylation is 6. The Balaban J connectivity index is 0.000000157. The first kappa shape index (κ1) is 80.7. The van der Waals surface area contributed by atoms with E-state index in [0.717, 1.165) is 111 Å². The molecule has 0 unspecified atom stereocenters. The van der Waals surface area contributed by atoms with Gasteiger partial charge in [0.25, 0.3) is 0 Å². The molecule has 0 aliphatic heterocycles. The molecule has 4 aromatic heterocycles. The first-order chi connectivity index (χ1) is 54.1. The summed E-state index contributed by atoms with van der Waals surface area (Å²) in [5.41, 5.74) is 13.0. The molecule has 0 saturated carbocycles. The van der Waals surface area contributed by atoms with Gasteiger partial charge < -0.3 is 21.3 Å². The van der Waals surface area contributed by atoms with E-state index in [1.54, 1.807) is 73.3 Å². The van der Waals surface area contributed by atoms with Gasteiger partial charge in [-0.25, -0.2) is 57.4 Å². The summed E-state index contributed by atoms with van der Waals surface area (Å²) in [4.78, 5) is 85.8. The van der Waals surface area contributed by atoms with Crippen molar-refractivity contribution in [1.29, 1.82) is 0 Å². The fourth-order valence-electron chi connectivity index (χ4n) is 11.9. The maximum absolute atomic E-state index is 13.2. The molecule has 13 aromatic rings. The Bertz CT molecular complexity index is 5170. The maximum atomic E-state index is 13.2. The molecule has 0 radical (unpaired) electrons. The van der Waals surface area contributed by atoms with Crippen molar-refractivity contribution in [1.82, 2.24) is 39.9 Å². The molecule has 564 valence electrons. The molecule has 0 saturated heterocycles. The lowest BCUT2D eigenvalue weighted by Gasteiger charge is -2.11. The predicted molar refractivity (Wildman–Crippen MR) is 432 cm³/mol. The van der Waals surface area contributed by atoms with E-state index < -0.39 is 0 Å². The van der Waals surface area contributed by atoms with Gasteiger partial charge in [-0.3, -0.25) is 19.2 Å². The van der Waals surface area contributed by atoms with E-state index in [0.29, 0.717) is 91.0 Å². The lowest BCUT2D eigenvalue weighted by molar-refractivity contribution is -0.117. The summed E-state index contributed by atoms with van der Waals surface area (Å²) in [6, 6.07) is 68.3. The zero-order chi connectivity index (χ0) is 78.1. The van der Waals surface area contributed by atoms with Gasteiger partial charge in [-0.05, 0) is 175 Å². The van der Waals surface area contributed by atoms with Crippen molar-refractivity contribution in [3.8, 4) is 45.0 Å². The van der Waals surface area contributed by atoms with Crippen LogP contribution in [0.2, 0.25) is 0 Å². The molecular weight excluding hydrogens is 1400 g/mol. The smallest absolute Gasteiger partial charge is 0.229 e. The quantitative estimate of drug-likeness (QED) is 0.0353. The van der Waals surface area contributed by atoms with Gasteiger partial charge in [0.2, 0.25) is 23.6 Å². The second kappa shape index (κ2) is 42.1. The molecule has 4 heterocycles. The van der Waals surface area contributed by atoms with Crippen LogP contribution in [0.5, 0.6) is 0 Å². The molecule has 0 atom stereocenters. The van der Waals surface area contributed by atoms with Crippen LogP contribution in [0.4, 0.5) is 40.8 Å². The lowest BCUT2D eigenvalue weighted by Crippen LogP contribution is -2.17. The number of nitrogens with one attached hydrogen (secondary N) is 4. The highest BCUT2D eigenvalue weighted by Crippen LogP contribution is 2.27. The molecule has 20 heteroatoms.